The molecular formula is C27H44O3. The molecule has 0 aromatic rings. The Labute approximate surface area is 183 Å². The molecule has 170 valence electrons. The minimum atomic E-state index is -0.282. The maximum atomic E-state index is 10.3. The third-order valence-electron chi connectivity index (χ3n) is 11.9. The standard InChI is InChI=1S/C27H44O3/c1-16-7-12-27(29-15-16)17(2)24-23(30-27)14-22-20-6-5-18-13-19(28)8-10-25(18,3)21(20)9-11-26(22,24)4/h16-24,28H,5-15H2,1-4H3/t16?,17-,18?,19?,20+,21-,22-,23-,24-,25+,26+,27-/m0/s1. The number of ether oxygens (including phenoxy) is 2. The summed E-state index contributed by atoms with van der Waals surface area (Å²) < 4.78 is 13.4. The second-order valence-corrected chi connectivity index (χ2v) is 13.1. The molecule has 0 aromatic carbocycles. The van der Waals surface area contributed by atoms with E-state index >= 15 is 0 Å². The lowest BCUT2D eigenvalue weighted by atomic mass is 9.44. The fourth-order valence-electron chi connectivity index (χ4n) is 10.3. The fourth-order valence-corrected chi connectivity index (χ4v) is 10.3. The van der Waals surface area contributed by atoms with Gasteiger partial charge in [-0.1, -0.05) is 27.7 Å². The summed E-state index contributed by atoms with van der Waals surface area (Å²) in [7, 11) is 0. The average Bonchev–Trinajstić information content (AvgIpc) is 3.16. The average molecular weight is 417 g/mol. The highest BCUT2D eigenvalue weighted by atomic mass is 16.7. The number of aliphatic hydroxyl groups excluding tert-OH is 1. The predicted molar refractivity (Wildman–Crippen MR) is 118 cm³/mol. The molecule has 0 amide bonds. The van der Waals surface area contributed by atoms with E-state index in [0.29, 0.717) is 34.7 Å². The zero-order valence-corrected chi connectivity index (χ0v) is 19.7. The lowest BCUT2D eigenvalue weighted by Crippen LogP contribution is -2.55. The maximum absolute atomic E-state index is 10.3. The van der Waals surface area contributed by atoms with Crippen LogP contribution >= 0.6 is 0 Å². The lowest BCUT2D eigenvalue weighted by molar-refractivity contribution is -0.273. The molecule has 6 rings (SSSR count). The van der Waals surface area contributed by atoms with Crippen molar-refractivity contribution < 1.29 is 14.6 Å². The molecule has 30 heavy (non-hydrogen) atoms. The summed E-state index contributed by atoms with van der Waals surface area (Å²) in [6, 6.07) is 0. The van der Waals surface area contributed by atoms with Gasteiger partial charge in [-0.3, -0.25) is 0 Å². The summed E-state index contributed by atoms with van der Waals surface area (Å²) in [5.74, 6) is 4.93. The second-order valence-electron chi connectivity index (χ2n) is 13.1. The van der Waals surface area contributed by atoms with Crippen LogP contribution in [0.3, 0.4) is 0 Å². The maximum Gasteiger partial charge on any atom is 0.171 e. The van der Waals surface area contributed by atoms with Crippen LogP contribution in [0.1, 0.15) is 91.9 Å². The zero-order valence-electron chi connectivity index (χ0n) is 19.7. The van der Waals surface area contributed by atoms with Crippen LogP contribution in [0.25, 0.3) is 0 Å². The Bertz CT molecular complexity index is 684. The van der Waals surface area contributed by atoms with E-state index in [0.717, 1.165) is 49.5 Å². The Morgan fingerprint density at radius 1 is 0.833 bits per heavy atom. The van der Waals surface area contributed by atoms with Gasteiger partial charge in [0.1, 0.15) is 0 Å². The van der Waals surface area contributed by atoms with Gasteiger partial charge >= 0.3 is 0 Å². The normalized spacial score (nSPS) is 62.5. The van der Waals surface area contributed by atoms with Gasteiger partial charge in [0.2, 0.25) is 0 Å². The summed E-state index contributed by atoms with van der Waals surface area (Å²) >= 11 is 0. The highest BCUT2D eigenvalue weighted by Gasteiger charge is 2.69. The minimum absolute atomic E-state index is 0.0389. The Morgan fingerprint density at radius 2 is 1.63 bits per heavy atom. The van der Waals surface area contributed by atoms with Gasteiger partial charge in [0.05, 0.1) is 18.8 Å². The van der Waals surface area contributed by atoms with Crippen molar-refractivity contribution in [3.05, 3.63) is 0 Å². The first kappa shape index (κ1) is 20.5. The van der Waals surface area contributed by atoms with Gasteiger partial charge in [-0.05, 0) is 104 Å². The topological polar surface area (TPSA) is 38.7 Å². The monoisotopic (exact) mass is 416 g/mol. The summed E-state index contributed by atoms with van der Waals surface area (Å²) in [6.07, 6.45) is 12.9. The Morgan fingerprint density at radius 3 is 2.40 bits per heavy atom. The number of hydrogen-bond donors (Lipinski definition) is 1. The van der Waals surface area contributed by atoms with Crippen LogP contribution in [-0.4, -0.2) is 29.7 Å². The van der Waals surface area contributed by atoms with Gasteiger partial charge < -0.3 is 14.6 Å². The molecule has 4 saturated carbocycles. The highest BCUT2D eigenvalue weighted by molar-refractivity contribution is 5.15. The van der Waals surface area contributed by atoms with Crippen molar-refractivity contribution in [2.24, 2.45) is 52.3 Å². The molecule has 0 bridgehead atoms. The van der Waals surface area contributed by atoms with E-state index in [-0.39, 0.29) is 11.9 Å². The summed E-state index contributed by atoms with van der Waals surface area (Å²) in [5, 5.41) is 10.3. The Kier molecular flexibility index (Phi) is 4.58. The van der Waals surface area contributed by atoms with Crippen LogP contribution in [0, 0.1) is 52.3 Å². The van der Waals surface area contributed by atoms with Gasteiger partial charge in [-0.15, -0.1) is 0 Å². The first-order chi connectivity index (χ1) is 14.3. The summed E-state index contributed by atoms with van der Waals surface area (Å²) in [4.78, 5) is 0. The quantitative estimate of drug-likeness (QED) is 0.543. The van der Waals surface area contributed by atoms with Gasteiger partial charge in [-0.25, -0.2) is 0 Å². The molecule has 1 N–H and O–H groups in total. The van der Waals surface area contributed by atoms with E-state index < -0.39 is 0 Å². The van der Waals surface area contributed by atoms with Crippen molar-refractivity contribution in [2.75, 3.05) is 6.61 Å². The Balaban J connectivity index is 1.26. The summed E-state index contributed by atoms with van der Waals surface area (Å²) in [6.45, 7) is 10.9. The molecule has 12 atom stereocenters. The smallest absolute Gasteiger partial charge is 0.171 e. The molecule has 0 radical (unpaired) electrons. The van der Waals surface area contributed by atoms with Crippen LogP contribution in [0.5, 0.6) is 0 Å². The van der Waals surface area contributed by atoms with Crippen LogP contribution in [0.15, 0.2) is 0 Å². The van der Waals surface area contributed by atoms with E-state index in [9.17, 15) is 5.11 Å². The number of rotatable bonds is 0. The molecule has 0 aromatic heterocycles. The number of aliphatic hydroxyl groups is 1. The molecule has 4 aliphatic carbocycles. The minimum Gasteiger partial charge on any atom is -0.393 e. The van der Waals surface area contributed by atoms with E-state index in [4.69, 9.17) is 9.47 Å². The highest BCUT2D eigenvalue weighted by Crippen LogP contribution is 2.71. The predicted octanol–water partition coefficient (Wildman–Crippen LogP) is 5.79. The van der Waals surface area contributed by atoms with Crippen molar-refractivity contribution in [3.8, 4) is 0 Å². The van der Waals surface area contributed by atoms with Gasteiger partial charge in [-0.2, -0.15) is 0 Å². The fraction of sp³-hybridized carbons (Fsp3) is 1.00. The van der Waals surface area contributed by atoms with Crippen LogP contribution in [0.2, 0.25) is 0 Å². The van der Waals surface area contributed by atoms with Crippen LogP contribution in [0.4, 0.5) is 0 Å². The van der Waals surface area contributed by atoms with Gasteiger partial charge in [0.15, 0.2) is 5.79 Å². The van der Waals surface area contributed by atoms with Crippen molar-refractivity contribution in [2.45, 2.75) is 110 Å². The first-order valence-corrected chi connectivity index (χ1v) is 13.3. The van der Waals surface area contributed by atoms with E-state index in [2.05, 4.69) is 27.7 Å². The second kappa shape index (κ2) is 6.70. The molecule has 2 saturated heterocycles. The van der Waals surface area contributed by atoms with Crippen molar-refractivity contribution >= 4 is 0 Å². The molecule has 2 heterocycles. The zero-order chi connectivity index (χ0) is 20.9. The lowest BCUT2D eigenvalue weighted by Gasteiger charge is -2.61. The molecule has 3 unspecified atom stereocenters. The Hall–Kier alpha value is -0.120. The third-order valence-corrected chi connectivity index (χ3v) is 11.9. The molecular weight excluding hydrogens is 372 g/mol. The van der Waals surface area contributed by atoms with Gasteiger partial charge in [0.25, 0.3) is 0 Å². The van der Waals surface area contributed by atoms with Crippen molar-refractivity contribution in [3.63, 3.8) is 0 Å². The third kappa shape index (κ3) is 2.61. The van der Waals surface area contributed by atoms with Gasteiger partial charge in [0, 0.05) is 12.3 Å². The van der Waals surface area contributed by atoms with E-state index in [1.54, 1.807) is 0 Å². The first-order valence-electron chi connectivity index (χ1n) is 13.3. The van der Waals surface area contributed by atoms with E-state index in [1.165, 1.54) is 44.9 Å². The molecule has 6 fully saturated rings. The molecule has 1 spiro atoms. The number of fused-ring (bicyclic) bond motifs is 7. The van der Waals surface area contributed by atoms with Crippen LogP contribution < -0.4 is 0 Å². The molecule has 3 nitrogen and oxygen atoms in total. The molecule has 3 heteroatoms. The van der Waals surface area contributed by atoms with Crippen LogP contribution in [-0.2, 0) is 9.47 Å². The SMILES string of the molecule is CC1CC[C@]2(OC1)O[C@H]1C[C@H]3[C@@H]4CCC5CC(O)CC[C@@]5(C)[C@H]4CC[C@@]3(C)[C@H]1[C@@H]2C. The molecule has 2 aliphatic heterocycles. The van der Waals surface area contributed by atoms with E-state index in [1.807, 2.05) is 0 Å². The largest absolute Gasteiger partial charge is 0.393 e. The molecule has 6 aliphatic rings. The number of hydrogen-bond acceptors (Lipinski definition) is 3. The summed E-state index contributed by atoms with van der Waals surface area (Å²) in [5.41, 5.74) is 0.899. The van der Waals surface area contributed by atoms with Crippen molar-refractivity contribution in [1.29, 1.82) is 0 Å². The van der Waals surface area contributed by atoms with Crippen molar-refractivity contribution in [1.82, 2.24) is 0 Å².